The van der Waals surface area contributed by atoms with E-state index in [1.54, 1.807) is 30.7 Å². The first-order chi connectivity index (χ1) is 9.51. The molecule has 2 rings (SSSR count). The molecule has 0 spiro atoms. The number of methoxy groups -OCH3 is 1. The fourth-order valence-corrected chi connectivity index (χ4v) is 3.44. The van der Waals surface area contributed by atoms with E-state index in [9.17, 15) is 4.79 Å². The van der Waals surface area contributed by atoms with E-state index in [4.69, 9.17) is 21.4 Å². The summed E-state index contributed by atoms with van der Waals surface area (Å²) in [7, 11) is 1.58. The van der Waals surface area contributed by atoms with Gasteiger partial charge in [-0.05, 0) is 34.1 Å². The van der Waals surface area contributed by atoms with Crippen LogP contribution in [0.25, 0.3) is 0 Å². The average molecular weight is 377 g/mol. The minimum atomic E-state index is -0.921. The van der Waals surface area contributed by atoms with Crippen LogP contribution in [0.15, 0.2) is 28.1 Å². The van der Waals surface area contributed by atoms with Crippen molar-refractivity contribution >= 4 is 50.5 Å². The highest BCUT2D eigenvalue weighted by Crippen LogP contribution is 2.36. The first-order valence-electron chi connectivity index (χ1n) is 5.59. The molecule has 1 aromatic carbocycles. The van der Waals surface area contributed by atoms with Gasteiger partial charge >= 0.3 is 5.97 Å². The second kappa shape index (κ2) is 6.47. The van der Waals surface area contributed by atoms with Crippen LogP contribution in [0.1, 0.15) is 15.2 Å². The molecule has 2 aromatic rings. The number of ether oxygens (including phenoxy) is 1. The molecule has 7 heteroatoms. The number of anilines is 1. The molecule has 0 aliphatic rings. The number of thiophene rings is 1. The summed E-state index contributed by atoms with van der Waals surface area (Å²) >= 11 is 10.8. The van der Waals surface area contributed by atoms with Crippen molar-refractivity contribution < 1.29 is 14.6 Å². The monoisotopic (exact) mass is 375 g/mol. The van der Waals surface area contributed by atoms with Gasteiger partial charge in [0.15, 0.2) is 5.75 Å². The van der Waals surface area contributed by atoms with E-state index in [-0.39, 0.29) is 0 Å². The fourth-order valence-electron chi connectivity index (χ4n) is 1.67. The van der Waals surface area contributed by atoms with Gasteiger partial charge < -0.3 is 15.2 Å². The van der Waals surface area contributed by atoms with Crippen molar-refractivity contribution in [2.45, 2.75) is 6.54 Å². The Hall–Kier alpha value is -1.24. The predicted octanol–water partition coefficient (Wildman–Crippen LogP) is 4.48. The van der Waals surface area contributed by atoms with Crippen LogP contribution in [0.4, 0.5) is 5.69 Å². The normalized spacial score (nSPS) is 10.3. The van der Waals surface area contributed by atoms with Crippen LogP contribution in [0.5, 0.6) is 5.75 Å². The molecular weight excluding hydrogens is 366 g/mol. The molecule has 20 heavy (non-hydrogen) atoms. The summed E-state index contributed by atoms with van der Waals surface area (Å²) in [5.74, 6) is -0.264. The highest BCUT2D eigenvalue weighted by atomic mass is 79.9. The number of nitrogens with one attached hydrogen (secondary N) is 1. The van der Waals surface area contributed by atoms with Gasteiger partial charge in [-0.25, -0.2) is 4.79 Å². The quantitative estimate of drug-likeness (QED) is 0.807. The lowest BCUT2D eigenvalue weighted by molar-refractivity contribution is 0.0697. The molecule has 0 unspecified atom stereocenters. The number of carbonyl (C=O) groups is 1. The van der Waals surface area contributed by atoms with Crippen molar-refractivity contribution in [2.75, 3.05) is 12.4 Å². The van der Waals surface area contributed by atoms with Crippen LogP contribution in [-0.2, 0) is 6.54 Å². The molecule has 0 aliphatic carbocycles. The Bertz CT molecular complexity index is 645. The van der Waals surface area contributed by atoms with Gasteiger partial charge in [0.1, 0.15) is 0 Å². The van der Waals surface area contributed by atoms with E-state index < -0.39 is 5.97 Å². The Morgan fingerprint density at radius 3 is 2.85 bits per heavy atom. The highest BCUT2D eigenvalue weighted by Gasteiger charge is 2.11. The molecule has 2 N–H and O–H groups in total. The average Bonchev–Trinajstić information content (AvgIpc) is 2.84. The molecule has 1 heterocycles. The van der Waals surface area contributed by atoms with Gasteiger partial charge in [-0.15, -0.1) is 11.3 Å². The predicted molar refractivity (Wildman–Crippen MR) is 84.3 cm³/mol. The van der Waals surface area contributed by atoms with Crippen molar-refractivity contribution in [1.82, 2.24) is 0 Å². The summed E-state index contributed by atoms with van der Waals surface area (Å²) in [6.45, 7) is 0.501. The van der Waals surface area contributed by atoms with Crippen LogP contribution < -0.4 is 10.1 Å². The molecule has 106 valence electrons. The third-order valence-corrected chi connectivity index (χ3v) is 4.31. The number of carboxylic acids is 1. The maximum atomic E-state index is 10.8. The molecular formula is C13H11BrClNO3S. The molecule has 0 aliphatic heterocycles. The Labute approximate surface area is 133 Å². The van der Waals surface area contributed by atoms with E-state index in [1.807, 2.05) is 0 Å². The largest absolute Gasteiger partial charge is 0.493 e. The zero-order valence-corrected chi connectivity index (χ0v) is 13.6. The Kier molecular flexibility index (Phi) is 4.91. The van der Waals surface area contributed by atoms with Crippen LogP contribution in [-0.4, -0.2) is 18.2 Å². The number of carboxylic acid groups (broad SMARTS) is 1. The number of hydrogen-bond acceptors (Lipinski definition) is 4. The number of benzene rings is 1. The van der Waals surface area contributed by atoms with Crippen molar-refractivity contribution in [3.63, 3.8) is 0 Å². The molecule has 0 saturated heterocycles. The van der Waals surface area contributed by atoms with Crippen LogP contribution in [0.2, 0.25) is 5.02 Å². The Balaban J connectivity index is 2.15. The second-order valence-electron chi connectivity index (χ2n) is 3.93. The summed E-state index contributed by atoms with van der Waals surface area (Å²) in [4.78, 5) is 11.7. The third-order valence-electron chi connectivity index (χ3n) is 2.57. The van der Waals surface area contributed by atoms with E-state index >= 15 is 0 Å². The summed E-state index contributed by atoms with van der Waals surface area (Å²) in [6, 6.07) is 5.15. The summed E-state index contributed by atoms with van der Waals surface area (Å²) in [6.07, 6.45) is 0. The van der Waals surface area contributed by atoms with E-state index in [2.05, 4.69) is 21.2 Å². The SMILES string of the molecule is COc1c(Br)cc(Cl)cc1NCc1cc(C(=O)O)cs1. The zero-order valence-electron chi connectivity index (χ0n) is 10.4. The Morgan fingerprint density at radius 1 is 1.50 bits per heavy atom. The van der Waals surface area contributed by atoms with Gasteiger partial charge in [0.2, 0.25) is 0 Å². The Morgan fingerprint density at radius 2 is 2.25 bits per heavy atom. The molecule has 0 fully saturated rings. The zero-order chi connectivity index (χ0) is 14.7. The maximum Gasteiger partial charge on any atom is 0.336 e. The lowest BCUT2D eigenvalue weighted by Gasteiger charge is -2.12. The minimum Gasteiger partial charge on any atom is -0.493 e. The van der Waals surface area contributed by atoms with Crippen molar-refractivity contribution in [3.05, 3.63) is 43.5 Å². The molecule has 0 amide bonds. The number of aromatic carboxylic acids is 1. The molecule has 0 saturated carbocycles. The van der Waals surface area contributed by atoms with Gasteiger partial charge in [-0.3, -0.25) is 0 Å². The summed E-state index contributed by atoms with van der Waals surface area (Å²) in [5, 5.41) is 14.3. The first kappa shape index (κ1) is 15.2. The van der Waals surface area contributed by atoms with Crippen molar-refractivity contribution in [2.24, 2.45) is 0 Å². The minimum absolute atomic E-state index is 0.297. The van der Waals surface area contributed by atoms with Gasteiger partial charge in [0.25, 0.3) is 0 Å². The van der Waals surface area contributed by atoms with Crippen molar-refractivity contribution in [3.8, 4) is 5.75 Å². The molecule has 0 atom stereocenters. The van der Waals surface area contributed by atoms with E-state index in [0.717, 1.165) is 15.0 Å². The van der Waals surface area contributed by atoms with Crippen LogP contribution >= 0.6 is 38.9 Å². The van der Waals surface area contributed by atoms with Crippen molar-refractivity contribution in [1.29, 1.82) is 0 Å². The third kappa shape index (κ3) is 3.45. The lowest BCUT2D eigenvalue weighted by Crippen LogP contribution is -2.01. The summed E-state index contributed by atoms with van der Waals surface area (Å²) in [5.41, 5.74) is 1.04. The topological polar surface area (TPSA) is 58.6 Å². The van der Waals surface area contributed by atoms with Gasteiger partial charge in [0.05, 0.1) is 22.8 Å². The maximum absolute atomic E-state index is 10.8. The smallest absolute Gasteiger partial charge is 0.336 e. The molecule has 0 bridgehead atoms. The highest BCUT2D eigenvalue weighted by molar-refractivity contribution is 9.10. The fraction of sp³-hybridized carbons (Fsp3) is 0.154. The number of halogens is 2. The molecule has 0 radical (unpaired) electrons. The van der Waals surface area contributed by atoms with E-state index in [1.165, 1.54) is 11.3 Å². The molecule has 1 aromatic heterocycles. The first-order valence-corrected chi connectivity index (χ1v) is 7.64. The van der Waals surface area contributed by atoms with Gasteiger partial charge in [-0.2, -0.15) is 0 Å². The molecule has 4 nitrogen and oxygen atoms in total. The number of rotatable bonds is 5. The second-order valence-corrected chi connectivity index (χ2v) is 6.22. The number of hydrogen-bond donors (Lipinski definition) is 2. The van der Waals surface area contributed by atoms with Crippen LogP contribution in [0.3, 0.4) is 0 Å². The van der Waals surface area contributed by atoms with Gasteiger partial charge in [0, 0.05) is 21.8 Å². The standard InChI is InChI=1S/C13H11BrClNO3S/c1-19-12-10(14)3-8(15)4-11(12)16-5-9-2-7(6-20-9)13(17)18/h2-4,6,16H,5H2,1H3,(H,17,18). The van der Waals surface area contributed by atoms with Gasteiger partial charge in [-0.1, -0.05) is 11.6 Å². The van der Waals surface area contributed by atoms with Crippen LogP contribution in [0, 0.1) is 0 Å². The van der Waals surface area contributed by atoms with E-state index in [0.29, 0.717) is 22.9 Å². The summed E-state index contributed by atoms with van der Waals surface area (Å²) < 4.78 is 6.06. The lowest BCUT2D eigenvalue weighted by atomic mass is 10.2.